The second kappa shape index (κ2) is 13.7. The minimum absolute atomic E-state index is 0.0452. The molecular formula is C37H6F25N. The van der Waals surface area contributed by atoms with Crippen LogP contribution in [0.5, 0.6) is 0 Å². The SMILES string of the molecule is Fc1ccc(-c2ccccc2N2C(F)(F)C(F)(F)C(F)(F)C(F)(F)C2(c2c(F)c(F)c(F)c(F)c2F)c2c(F)c(F)c(F)c3c(F)c4c(F)c(F)c(F)c(F)c4c(F)c23)c(F)c1F. The van der Waals surface area contributed by atoms with E-state index in [1.54, 1.807) is 0 Å². The number of hydrogen-bond acceptors (Lipinski definition) is 1. The van der Waals surface area contributed by atoms with Gasteiger partial charge in [0.1, 0.15) is 11.6 Å². The monoisotopic (exact) mass is 939 g/mol. The second-order valence-corrected chi connectivity index (χ2v) is 13.2. The van der Waals surface area contributed by atoms with Crippen molar-refractivity contribution in [3.05, 3.63) is 146 Å². The van der Waals surface area contributed by atoms with Gasteiger partial charge in [-0.05, 0) is 18.2 Å². The number of hydrogen-bond donors (Lipinski definition) is 0. The Morgan fingerprint density at radius 2 is 0.698 bits per heavy atom. The van der Waals surface area contributed by atoms with Crippen LogP contribution >= 0.6 is 0 Å². The number of anilines is 1. The lowest BCUT2D eigenvalue weighted by Crippen LogP contribution is -2.84. The van der Waals surface area contributed by atoms with Gasteiger partial charge in [-0.25, -0.2) is 74.6 Å². The molecule has 0 saturated carbocycles. The predicted octanol–water partition coefficient (Wildman–Crippen LogP) is 13.3. The molecule has 63 heavy (non-hydrogen) atoms. The molecule has 0 radical (unpaired) electrons. The third-order valence-electron chi connectivity index (χ3n) is 10.1. The molecule has 1 aliphatic rings. The summed E-state index contributed by atoms with van der Waals surface area (Å²) in [6.07, 6.45) is 0. The number of piperidine rings is 1. The van der Waals surface area contributed by atoms with Gasteiger partial charge in [-0.1, -0.05) is 18.2 Å². The molecule has 6 aromatic rings. The molecule has 0 aliphatic carbocycles. The summed E-state index contributed by atoms with van der Waals surface area (Å²) in [6, 6.07) is -8.08. The average Bonchev–Trinajstić information content (AvgIpc) is 3.22. The first-order valence-corrected chi connectivity index (χ1v) is 16.1. The number of para-hydroxylation sites is 1. The van der Waals surface area contributed by atoms with E-state index in [1.807, 2.05) is 0 Å². The number of halogens is 25. The Hall–Kier alpha value is -6.11. The fourth-order valence-corrected chi connectivity index (χ4v) is 7.37. The summed E-state index contributed by atoms with van der Waals surface area (Å²) in [7, 11) is 0. The van der Waals surface area contributed by atoms with Gasteiger partial charge >= 0.3 is 23.8 Å². The summed E-state index contributed by atoms with van der Waals surface area (Å²) in [5, 5.41) is -12.6. The molecule has 0 aromatic heterocycles. The van der Waals surface area contributed by atoms with Gasteiger partial charge in [0, 0.05) is 22.1 Å². The number of rotatable bonds is 4. The maximum Gasteiger partial charge on any atom is 0.398 e. The van der Waals surface area contributed by atoms with Gasteiger partial charge in [0.05, 0.1) is 27.4 Å². The van der Waals surface area contributed by atoms with Gasteiger partial charge in [0.25, 0.3) is 0 Å². The Kier molecular flexibility index (Phi) is 9.77. The van der Waals surface area contributed by atoms with Crippen LogP contribution in [0.4, 0.5) is 115 Å². The molecule has 0 N–H and O–H groups in total. The average molecular weight is 939 g/mol. The Morgan fingerprint density at radius 3 is 1.21 bits per heavy atom. The molecule has 1 nitrogen and oxygen atoms in total. The molecule has 6 aromatic carbocycles. The molecule has 1 atom stereocenters. The molecule has 0 bridgehead atoms. The fourth-order valence-electron chi connectivity index (χ4n) is 7.37. The van der Waals surface area contributed by atoms with Crippen molar-refractivity contribution in [3.63, 3.8) is 0 Å². The van der Waals surface area contributed by atoms with Crippen LogP contribution in [0.25, 0.3) is 32.7 Å². The lowest BCUT2D eigenvalue weighted by Gasteiger charge is -2.60. The van der Waals surface area contributed by atoms with Crippen LogP contribution in [0.3, 0.4) is 0 Å². The zero-order valence-corrected chi connectivity index (χ0v) is 28.9. The van der Waals surface area contributed by atoms with Gasteiger partial charge in [0.2, 0.25) is 5.82 Å². The number of benzene rings is 6. The van der Waals surface area contributed by atoms with Crippen LogP contribution < -0.4 is 4.90 Å². The second-order valence-electron chi connectivity index (χ2n) is 13.2. The zero-order chi connectivity index (χ0) is 47.3. The topological polar surface area (TPSA) is 3.24 Å². The van der Waals surface area contributed by atoms with E-state index in [2.05, 4.69) is 0 Å². The van der Waals surface area contributed by atoms with Crippen LogP contribution in [0.1, 0.15) is 11.1 Å². The Labute approximate surface area is 329 Å². The van der Waals surface area contributed by atoms with Crippen molar-refractivity contribution < 1.29 is 110 Å². The molecule has 1 heterocycles. The number of alkyl halides is 8. The quantitative estimate of drug-likeness (QED) is 0.0560. The van der Waals surface area contributed by atoms with Crippen molar-refractivity contribution >= 4 is 27.2 Å². The normalized spacial score (nSPS) is 19.1. The van der Waals surface area contributed by atoms with E-state index in [0.29, 0.717) is 6.07 Å². The van der Waals surface area contributed by atoms with E-state index < -0.39 is 189 Å². The summed E-state index contributed by atoms with van der Waals surface area (Å²) < 4.78 is 393. The molecule has 0 amide bonds. The highest BCUT2D eigenvalue weighted by molar-refractivity contribution is 6.03. The zero-order valence-electron chi connectivity index (χ0n) is 28.9. The van der Waals surface area contributed by atoms with E-state index in [4.69, 9.17) is 0 Å². The molecule has 1 unspecified atom stereocenters. The van der Waals surface area contributed by atoms with Crippen LogP contribution in [-0.2, 0) is 5.54 Å². The van der Waals surface area contributed by atoms with E-state index in [0.717, 1.165) is 0 Å². The standard InChI is InChI=1S/C37H6F25N/c38-9-6-5-8(17(39)18(9)40)7-3-1-2-4-10(7)63-33(16-25(47)30(52)32(54)31(53)26(16)48,34(55,56)35(57,58)36(59,60)37(63,61)62)15-11-12(21(43)27(49)24(15)46)20(42)14-13(19(11)41)22(44)28(50)29(51)23(14)45/h1-6H. The van der Waals surface area contributed by atoms with Crippen LogP contribution in [-0.4, -0.2) is 23.8 Å². The van der Waals surface area contributed by atoms with E-state index in [1.165, 1.54) is 0 Å². The van der Waals surface area contributed by atoms with Crippen molar-refractivity contribution in [2.75, 3.05) is 4.90 Å². The summed E-state index contributed by atoms with van der Waals surface area (Å²) in [5.74, 6) is -83.5. The Balaban J connectivity index is 1.95. The Morgan fingerprint density at radius 1 is 0.302 bits per heavy atom. The summed E-state index contributed by atoms with van der Waals surface area (Å²) >= 11 is 0. The van der Waals surface area contributed by atoms with Crippen molar-refractivity contribution in [3.8, 4) is 11.1 Å². The van der Waals surface area contributed by atoms with E-state index in [9.17, 15) is 26.3 Å². The third-order valence-corrected chi connectivity index (χ3v) is 10.1. The van der Waals surface area contributed by atoms with Crippen LogP contribution in [0, 0.1) is 98.9 Å². The van der Waals surface area contributed by atoms with Crippen molar-refractivity contribution in [1.82, 2.24) is 0 Å². The highest BCUT2D eigenvalue weighted by Gasteiger charge is 2.94. The molecule has 1 saturated heterocycles. The van der Waals surface area contributed by atoms with Gasteiger partial charge in [-0.3, -0.25) is 4.90 Å². The lowest BCUT2D eigenvalue weighted by molar-refractivity contribution is -0.406. The molecule has 1 fully saturated rings. The van der Waals surface area contributed by atoms with E-state index in [-0.39, 0.29) is 24.3 Å². The molecule has 26 heteroatoms. The van der Waals surface area contributed by atoms with Gasteiger partial charge in [-0.2, -0.15) is 35.1 Å². The Bertz CT molecular complexity index is 2990. The molecule has 1 aliphatic heterocycles. The summed E-state index contributed by atoms with van der Waals surface area (Å²) in [5.41, 5.74) is -22.3. The molecule has 7 rings (SSSR count). The van der Waals surface area contributed by atoms with E-state index >= 15 is 83.4 Å². The molecule has 334 valence electrons. The maximum atomic E-state index is 17.3. The fraction of sp³-hybridized carbons (Fsp3) is 0.135. The minimum atomic E-state index is -8.30. The van der Waals surface area contributed by atoms with Crippen LogP contribution in [0.15, 0.2) is 36.4 Å². The molecule has 0 spiro atoms. The van der Waals surface area contributed by atoms with Crippen molar-refractivity contribution in [2.45, 2.75) is 29.4 Å². The van der Waals surface area contributed by atoms with Gasteiger partial charge in [0.15, 0.2) is 87.0 Å². The smallest absolute Gasteiger partial charge is 0.287 e. The summed E-state index contributed by atoms with van der Waals surface area (Å²) in [6.45, 7) is 0. The number of fused-ring (bicyclic) bond motifs is 2. The van der Waals surface area contributed by atoms with Gasteiger partial charge < -0.3 is 0 Å². The number of nitrogens with zero attached hydrogens (tertiary/aromatic N) is 1. The minimum Gasteiger partial charge on any atom is -0.287 e. The lowest BCUT2D eigenvalue weighted by atomic mass is 9.66. The first-order valence-electron chi connectivity index (χ1n) is 16.1. The summed E-state index contributed by atoms with van der Waals surface area (Å²) in [4.78, 5) is -2.70. The third kappa shape index (κ3) is 5.13. The highest BCUT2D eigenvalue weighted by atomic mass is 19.4. The molecular weight excluding hydrogens is 933 g/mol. The maximum absolute atomic E-state index is 17.3. The first kappa shape index (κ1) is 44.9. The van der Waals surface area contributed by atoms with Gasteiger partial charge in [-0.15, -0.1) is 0 Å². The van der Waals surface area contributed by atoms with Crippen molar-refractivity contribution in [2.24, 2.45) is 0 Å². The predicted molar refractivity (Wildman–Crippen MR) is 162 cm³/mol. The largest absolute Gasteiger partial charge is 0.398 e. The first-order chi connectivity index (χ1) is 28.9. The van der Waals surface area contributed by atoms with Crippen molar-refractivity contribution in [1.29, 1.82) is 0 Å². The highest BCUT2D eigenvalue weighted by Crippen LogP contribution is 2.71. The van der Waals surface area contributed by atoms with Crippen LogP contribution in [0.2, 0.25) is 0 Å².